The van der Waals surface area contributed by atoms with Crippen LogP contribution in [0.4, 0.5) is 0 Å². The fourth-order valence-corrected chi connectivity index (χ4v) is 2.00. The fourth-order valence-electron chi connectivity index (χ4n) is 2.00. The molecule has 4 heteroatoms. The molecular formula is C13H13NO3. The van der Waals surface area contributed by atoms with Crippen molar-refractivity contribution >= 4 is 22.7 Å². The minimum Gasteiger partial charge on any atom is -0.481 e. The van der Waals surface area contributed by atoms with Crippen LogP contribution < -0.4 is 0 Å². The summed E-state index contributed by atoms with van der Waals surface area (Å²) in [7, 11) is 0. The van der Waals surface area contributed by atoms with E-state index in [1.165, 1.54) is 6.92 Å². The molecule has 0 bridgehead atoms. The highest BCUT2D eigenvalue weighted by Gasteiger charge is 2.24. The first-order valence-electron chi connectivity index (χ1n) is 5.38. The molecule has 2 aromatic rings. The normalized spacial score (nSPS) is 12.5. The Morgan fingerprint density at radius 2 is 2.06 bits per heavy atom. The number of Topliss-reactive ketones (excluding diaryl/α,β-unsaturated/α-hetero) is 1. The van der Waals surface area contributed by atoms with Crippen LogP contribution in [-0.4, -0.2) is 21.8 Å². The number of fused-ring (bicyclic) bond motifs is 1. The van der Waals surface area contributed by atoms with Crippen LogP contribution in [0.3, 0.4) is 0 Å². The van der Waals surface area contributed by atoms with Crippen molar-refractivity contribution in [1.82, 2.24) is 4.98 Å². The summed E-state index contributed by atoms with van der Waals surface area (Å²) in [5, 5.41) is 10.0. The average Bonchev–Trinajstić information content (AvgIpc) is 2.69. The second-order valence-corrected chi connectivity index (χ2v) is 4.09. The van der Waals surface area contributed by atoms with Gasteiger partial charge in [0.15, 0.2) is 0 Å². The average molecular weight is 231 g/mol. The number of nitrogens with one attached hydrogen (secondary N) is 1. The van der Waals surface area contributed by atoms with E-state index >= 15 is 0 Å². The van der Waals surface area contributed by atoms with Gasteiger partial charge in [-0.15, -0.1) is 0 Å². The molecule has 1 heterocycles. The van der Waals surface area contributed by atoms with E-state index in [4.69, 9.17) is 0 Å². The van der Waals surface area contributed by atoms with E-state index in [2.05, 4.69) is 4.98 Å². The third-order valence-electron chi connectivity index (χ3n) is 2.79. The lowest BCUT2D eigenvalue weighted by Crippen LogP contribution is -2.14. The van der Waals surface area contributed by atoms with Crippen LogP contribution in [0.15, 0.2) is 30.5 Å². The Labute approximate surface area is 98.3 Å². The van der Waals surface area contributed by atoms with Gasteiger partial charge in [-0.3, -0.25) is 9.59 Å². The van der Waals surface area contributed by atoms with Crippen molar-refractivity contribution in [3.05, 3.63) is 36.0 Å². The van der Waals surface area contributed by atoms with Gasteiger partial charge in [0.1, 0.15) is 5.78 Å². The summed E-state index contributed by atoms with van der Waals surface area (Å²) in [6.45, 7) is 1.41. The monoisotopic (exact) mass is 231 g/mol. The molecule has 0 aliphatic heterocycles. The number of aromatic amines is 1. The zero-order chi connectivity index (χ0) is 12.4. The molecule has 0 fully saturated rings. The fraction of sp³-hybridized carbons (Fsp3) is 0.231. The number of ketones is 1. The third kappa shape index (κ3) is 2.20. The first kappa shape index (κ1) is 11.4. The molecule has 17 heavy (non-hydrogen) atoms. The predicted molar refractivity (Wildman–Crippen MR) is 64.0 cm³/mol. The molecule has 0 spiro atoms. The number of aliphatic carboxylic acids is 1. The molecule has 4 nitrogen and oxygen atoms in total. The van der Waals surface area contributed by atoms with Gasteiger partial charge >= 0.3 is 5.97 Å². The summed E-state index contributed by atoms with van der Waals surface area (Å²) in [6.07, 6.45) is 1.70. The van der Waals surface area contributed by atoms with Gasteiger partial charge in [0.05, 0.1) is 5.92 Å². The minimum atomic E-state index is -0.968. The second kappa shape index (κ2) is 4.41. The van der Waals surface area contributed by atoms with Crippen LogP contribution in [0.2, 0.25) is 0 Å². The van der Waals surface area contributed by atoms with E-state index in [-0.39, 0.29) is 12.2 Å². The summed E-state index contributed by atoms with van der Waals surface area (Å²) >= 11 is 0. The molecule has 1 aromatic carbocycles. The molecule has 0 amide bonds. The lowest BCUT2D eigenvalue weighted by Gasteiger charge is -2.09. The predicted octanol–water partition coefficient (Wildman–Crippen LogP) is 2.32. The molecule has 2 N–H and O–H groups in total. The summed E-state index contributed by atoms with van der Waals surface area (Å²) in [5.74, 6) is -1.86. The van der Waals surface area contributed by atoms with Gasteiger partial charge in [0, 0.05) is 23.5 Å². The number of rotatable bonds is 4. The van der Waals surface area contributed by atoms with Crippen LogP contribution >= 0.6 is 0 Å². The van der Waals surface area contributed by atoms with Gasteiger partial charge in [-0.05, 0) is 18.6 Å². The number of hydrogen-bond acceptors (Lipinski definition) is 2. The highest BCUT2D eigenvalue weighted by molar-refractivity contribution is 5.92. The zero-order valence-corrected chi connectivity index (χ0v) is 9.43. The molecule has 1 unspecified atom stereocenters. The summed E-state index contributed by atoms with van der Waals surface area (Å²) in [4.78, 5) is 25.3. The van der Waals surface area contributed by atoms with Crippen LogP contribution in [-0.2, 0) is 9.59 Å². The van der Waals surface area contributed by atoms with Crippen molar-refractivity contribution in [2.45, 2.75) is 19.3 Å². The Morgan fingerprint density at radius 1 is 1.35 bits per heavy atom. The second-order valence-electron chi connectivity index (χ2n) is 4.09. The van der Waals surface area contributed by atoms with Crippen molar-refractivity contribution in [3.63, 3.8) is 0 Å². The number of hydrogen-bond donors (Lipinski definition) is 2. The Balaban J connectivity index is 2.48. The topological polar surface area (TPSA) is 70.2 Å². The standard InChI is InChI=1S/C13H13NO3/c1-8(15)6-10(13(16)17)11-7-14-12-5-3-2-4-9(11)12/h2-5,7,10,14H,6H2,1H3,(H,16,17). The molecule has 0 aliphatic rings. The number of carbonyl (C=O) groups is 2. The van der Waals surface area contributed by atoms with Crippen LogP contribution in [0.25, 0.3) is 10.9 Å². The van der Waals surface area contributed by atoms with Crippen LogP contribution in [0.1, 0.15) is 24.8 Å². The maximum atomic E-state index is 11.2. The Hall–Kier alpha value is -2.10. The summed E-state index contributed by atoms with van der Waals surface area (Å²) in [5.41, 5.74) is 1.56. The molecule has 0 saturated heterocycles. The highest BCUT2D eigenvalue weighted by Crippen LogP contribution is 2.28. The Bertz CT molecular complexity index is 571. The maximum Gasteiger partial charge on any atom is 0.311 e. The molecule has 88 valence electrons. The summed E-state index contributed by atoms with van der Waals surface area (Å²) in [6, 6.07) is 7.47. The highest BCUT2D eigenvalue weighted by atomic mass is 16.4. The van der Waals surface area contributed by atoms with Gasteiger partial charge in [-0.2, -0.15) is 0 Å². The Morgan fingerprint density at radius 3 is 2.71 bits per heavy atom. The smallest absolute Gasteiger partial charge is 0.311 e. The number of para-hydroxylation sites is 1. The maximum absolute atomic E-state index is 11.2. The van der Waals surface area contributed by atoms with Gasteiger partial charge in [0.2, 0.25) is 0 Å². The van der Waals surface area contributed by atoms with E-state index in [1.807, 2.05) is 24.3 Å². The van der Waals surface area contributed by atoms with Gasteiger partial charge in [-0.25, -0.2) is 0 Å². The van der Waals surface area contributed by atoms with Gasteiger partial charge in [0.25, 0.3) is 0 Å². The van der Waals surface area contributed by atoms with Crippen molar-refractivity contribution < 1.29 is 14.7 Å². The zero-order valence-electron chi connectivity index (χ0n) is 9.43. The lowest BCUT2D eigenvalue weighted by molar-refractivity contribution is -0.140. The van der Waals surface area contributed by atoms with E-state index in [0.29, 0.717) is 5.56 Å². The van der Waals surface area contributed by atoms with Gasteiger partial charge < -0.3 is 10.1 Å². The molecule has 1 aromatic heterocycles. The van der Waals surface area contributed by atoms with Gasteiger partial charge in [-0.1, -0.05) is 18.2 Å². The van der Waals surface area contributed by atoms with E-state index < -0.39 is 11.9 Å². The first-order chi connectivity index (χ1) is 8.09. The number of aromatic nitrogens is 1. The van der Waals surface area contributed by atoms with Crippen LogP contribution in [0.5, 0.6) is 0 Å². The molecule has 0 radical (unpaired) electrons. The molecular weight excluding hydrogens is 218 g/mol. The largest absolute Gasteiger partial charge is 0.481 e. The molecule has 2 rings (SSSR count). The van der Waals surface area contributed by atoms with Crippen molar-refractivity contribution in [2.75, 3.05) is 0 Å². The third-order valence-corrected chi connectivity index (χ3v) is 2.79. The van der Waals surface area contributed by atoms with Crippen LogP contribution in [0, 0.1) is 0 Å². The number of carboxylic acids is 1. The lowest BCUT2D eigenvalue weighted by atomic mass is 9.94. The number of carboxylic acid groups (broad SMARTS) is 1. The minimum absolute atomic E-state index is 0.0250. The Kier molecular flexibility index (Phi) is 2.95. The van der Waals surface area contributed by atoms with E-state index in [9.17, 15) is 14.7 Å². The number of carbonyl (C=O) groups excluding carboxylic acids is 1. The summed E-state index contributed by atoms with van der Waals surface area (Å²) < 4.78 is 0. The molecule has 1 atom stereocenters. The SMILES string of the molecule is CC(=O)CC(C(=O)O)c1c[nH]c2ccccc12. The molecule has 0 aliphatic carbocycles. The first-order valence-corrected chi connectivity index (χ1v) is 5.38. The van der Waals surface area contributed by atoms with Crippen molar-refractivity contribution in [3.8, 4) is 0 Å². The quantitative estimate of drug-likeness (QED) is 0.848. The number of benzene rings is 1. The van der Waals surface area contributed by atoms with E-state index in [0.717, 1.165) is 10.9 Å². The van der Waals surface area contributed by atoms with Crippen molar-refractivity contribution in [1.29, 1.82) is 0 Å². The number of H-pyrrole nitrogens is 1. The van der Waals surface area contributed by atoms with E-state index in [1.54, 1.807) is 6.20 Å². The van der Waals surface area contributed by atoms with Crippen molar-refractivity contribution in [2.24, 2.45) is 0 Å². The molecule has 0 saturated carbocycles.